The summed E-state index contributed by atoms with van der Waals surface area (Å²) >= 11 is 0. The van der Waals surface area contributed by atoms with E-state index in [0.29, 0.717) is 5.56 Å². The third kappa shape index (κ3) is 3.75. The first-order chi connectivity index (χ1) is 7.24. The molecule has 0 fully saturated rings. The van der Waals surface area contributed by atoms with Gasteiger partial charge in [-0.15, -0.1) is 0 Å². The number of carbonyl (C=O) groups excluding carboxylic acids is 2. The van der Waals surface area contributed by atoms with Gasteiger partial charge in [-0.05, 0) is 12.1 Å². The molecule has 15 heavy (non-hydrogen) atoms. The number of benzene rings is 1. The molecule has 6 nitrogen and oxygen atoms in total. The van der Waals surface area contributed by atoms with E-state index in [1.807, 2.05) is 5.48 Å². The van der Waals surface area contributed by atoms with Crippen LogP contribution in [0.2, 0.25) is 0 Å². The zero-order valence-electron chi connectivity index (χ0n) is 7.80. The summed E-state index contributed by atoms with van der Waals surface area (Å²) in [7, 11) is 0. The highest BCUT2D eigenvalue weighted by Gasteiger charge is 2.08. The van der Waals surface area contributed by atoms with Crippen molar-refractivity contribution in [2.75, 3.05) is 6.61 Å². The molecule has 1 rings (SSSR count). The molecule has 0 aromatic heterocycles. The van der Waals surface area contributed by atoms with E-state index in [2.05, 4.69) is 15.6 Å². The normalized spacial score (nSPS) is 9.40. The van der Waals surface area contributed by atoms with Crippen molar-refractivity contribution >= 4 is 11.9 Å². The molecule has 0 saturated heterocycles. The van der Waals surface area contributed by atoms with E-state index in [9.17, 15) is 9.59 Å². The van der Waals surface area contributed by atoms with Crippen LogP contribution in [0.4, 0.5) is 0 Å². The highest BCUT2D eigenvalue weighted by atomic mass is 16.7. The third-order valence-corrected chi connectivity index (χ3v) is 1.48. The minimum Gasteiger partial charge on any atom is -0.335 e. The van der Waals surface area contributed by atoms with E-state index < -0.39 is 11.9 Å². The lowest BCUT2D eigenvalue weighted by atomic mass is 10.2. The Balaban J connectivity index is 2.40. The first-order valence-electron chi connectivity index (χ1n) is 4.11. The Morgan fingerprint density at radius 3 is 2.53 bits per heavy atom. The summed E-state index contributed by atoms with van der Waals surface area (Å²) in [4.78, 5) is 30.5. The van der Waals surface area contributed by atoms with Gasteiger partial charge in [0, 0.05) is 0 Å². The number of rotatable bonds is 3. The van der Waals surface area contributed by atoms with E-state index in [0.717, 1.165) is 0 Å². The lowest BCUT2D eigenvalue weighted by molar-refractivity contribution is -0.134. The summed E-state index contributed by atoms with van der Waals surface area (Å²) in [5, 5.41) is 0. The van der Waals surface area contributed by atoms with E-state index >= 15 is 0 Å². The molecule has 0 bridgehead atoms. The van der Waals surface area contributed by atoms with Gasteiger partial charge in [-0.2, -0.15) is 5.48 Å². The average molecular weight is 210 g/mol. The number of hydrogen-bond donors (Lipinski definition) is 2. The minimum atomic E-state index is -0.652. The Morgan fingerprint density at radius 1 is 1.27 bits per heavy atom. The van der Waals surface area contributed by atoms with Crippen molar-refractivity contribution in [3.05, 3.63) is 35.9 Å². The molecular formula is C9H10N2O4. The highest BCUT2D eigenvalue weighted by Crippen LogP contribution is 1.99. The Kier molecular flexibility index (Phi) is 4.27. The van der Waals surface area contributed by atoms with Gasteiger partial charge in [0.25, 0.3) is 5.91 Å². The molecule has 1 amide bonds. The van der Waals surface area contributed by atoms with Crippen molar-refractivity contribution in [3.63, 3.8) is 0 Å². The Bertz CT molecular complexity index is 339. The predicted molar refractivity (Wildman–Crippen MR) is 50.1 cm³/mol. The molecule has 0 aliphatic heterocycles. The van der Waals surface area contributed by atoms with Crippen molar-refractivity contribution in [3.8, 4) is 0 Å². The lowest BCUT2D eigenvalue weighted by Gasteiger charge is -2.04. The largest absolute Gasteiger partial charge is 0.362 e. The van der Waals surface area contributed by atoms with Crippen LogP contribution in [0.3, 0.4) is 0 Å². The standard InChI is InChI=1S/C9H10N2O4/c10-14-6-8(12)11-15-9(13)7-4-2-1-3-5-7/h1-5H,6,10H2,(H,11,12). The quantitative estimate of drug-likeness (QED) is 0.672. The van der Waals surface area contributed by atoms with Gasteiger partial charge in [0.1, 0.15) is 6.61 Å². The molecule has 0 radical (unpaired) electrons. The zero-order chi connectivity index (χ0) is 11.1. The van der Waals surface area contributed by atoms with Gasteiger partial charge in [-0.1, -0.05) is 18.2 Å². The number of amides is 1. The van der Waals surface area contributed by atoms with Gasteiger partial charge in [0.2, 0.25) is 0 Å². The molecular weight excluding hydrogens is 200 g/mol. The Morgan fingerprint density at radius 2 is 1.93 bits per heavy atom. The van der Waals surface area contributed by atoms with Crippen LogP contribution in [-0.4, -0.2) is 18.5 Å². The van der Waals surface area contributed by atoms with Crippen LogP contribution in [0.25, 0.3) is 0 Å². The van der Waals surface area contributed by atoms with Crippen molar-refractivity contribution in [1.29, 1.82) is 0 Å². The van der Waals surface area contributed by atoms with Crippen LogP contribution in [0, 0.1) is 0 Å². The van der Waals surface area contributed by atoms with E-state index in [1.54, 1.807) is 30.3 Å². The lowest BCUT2D eigenvalue weighted by Crippen LogP contribution is -2.31. The first-order valence-corrected chi connectivity index (χ1v) is 4.11. The second-order valence-electron chi connectivity index (χ2n) is 2.59. The number of carbonyl (C=O) groups is 2. The predicted octanol–water partition coefficient (Wildman–Crippen LogP) is -0.235. The van der Waals surface area contributed by atoms with E-state index in [1.165, 1.54) is 0 Å². The number of hydrogen-bond acceptors (Lipinski definition) is 5. The minimum absolute atomic E-state index is 0.339. The van der Waals surface area contributed by atoms with Gasteiger partial charge in [0.15, 0.2) is 0 Å². The summed E-state index contributed by atoms with van der Waals surface area (Å²) < 4.78 is 0. The van der Waals surface area contributed by atoms with Crippen LogP contribution in [0.15, 0.2) is 30.3 Å². The second kappa shape index (κ2) is 5.74. The zero-order valence-corrected chi connectivity index (χ0v) is 7.80. The number of hydroxylamine groups is 1. The molecule has 0 unspecified atom stereocenters. The van der Waals surface area contributed by atoms with Gasteiger partial charge in [0.05, 0.1) is 5.56 Å². The summed E-state index contributed by atoms with van der Waals surface area (Å²) in [6, 6.07) is 8.25. The van der Waals surface area contributed by atoms with E-state index in [-0.39, 0.29) is 6.61 Å². The van der Waals surface area contributed by atoms with Crippen molar-refractivity contribution in [2.45, 2.75) is 0 Å². The number of nitrogens with one attached hydrogen (secondary N) is 1. The van der Waals surface area contributed by atoms with Crippen LogP contribution in [0.1, 0.15) is 10.4 Å². The third-order valence-electron chi connectivity index (χ3n) is 1.48. The molecule has 0 atom stereocenters. The van der Waals surface area contributed by atoms with Gasteiger partial charge >= 0.3 is 5.97 Å². The summed E-state index contributed by atoms with van der Waals surface area (Å²) in [5.41, 5.74) is 2.23. The molecule has 0 heterocycles. The van der Waals surface area contributed by atoms with Crippen LogP contribution in [-0.2, 0) is 14.5 Å². The molecule has 1 aromatic carbocycles. The van der Waals surface area contributed by atoms with Gasteiger partial charge < -0.3 is 4.84 Å². The maximum absolute atomic E-state index is 11.2. The average Bonchev–Trinajstić information content (AvgIpc) is 2.27. The molecule has 0 saturated carbocycles. The fraction of sp³-hybridized carbons (Fsp3) is 0.111. The molecule has 0 aliphatic rings. The Labute approximate surface area is 85.9 Å². The molecule has 80 valence electrons. The summed E-state index contributed by atoms with van der Waals surface area (Å²) in [6.07, 6.45) is 0. The fourth-order valence-corrected chi connectivity index (χ4v) is 0.842. The maximum Gasteiger partial charge on any atom is 0.362 e. The molecule has 6 heteroatoms. The van der Waals surface area contributed by atoms with E-state index in [4.69, 9.17) is 0 Å². The highest BCUT2D eigenvalue weighted by molar-refractivity contribution is 5.90. The second-order valence-corrected chi connectivity index (χ2v) is 2.59. The van der Waals surface area contributed by atoms with Gasteiger partial charge in [-0.25, -0.2) is 10.7 Å². The monoisotopic (exact) mass is 210 g/mol. The molecule has 0 spiro atoms. The Hall–Kier alpha value is -1.92. The molecule has 1 aromatic rings. The van der Waals surface area contributed by atoms with Crippen molar-refractivity contribution in [1.82, 2.24) is 5.48 Å². The topological polar surface area (TPSA) is 90.7 Å². The smallest absolute Gasteiger partial charge is 0.335 e. The number of nitrogens with two attached hydrogens (primary N) is 1. The van der Waals surface area contributed by atoms with Crippen molar-refractivity contribution < 1.29 is 19.3 Å². The first kappa shape index (κ1) is 11.2. The summed E-state index contributed by atoms with van der Waals surface area (Å²) in [5.74, 6) is 3.36. The fourth-order valence-electron chi connectivity index (χ4n) is 0.842. The van der Waals surface area contributed by atoms with Crippen LogP contribution >= 0.6 is 0 Å². The molecule has 3 N–H and O–H groups in total. The SMILES string of the molecule is NOCC(=O)NOC(=O)c1ccccc1. The summed E-state index contributed by atoms with van der Waals surface area (Å²) in [6.45, 7) is -0.373. The van der Waals surface area contributed by atoms with Crippen LogP contribution in [0.5, 0.6) is 0 Å². The maximum atomic E-state index is 11.2. The molecule has 0 aliphatic carbocycles. The van der Waals surface area contributed by atoms with Crippen LogP contribution < -0.4 is 11.4 Å². The van der Waals surface area contributed by atoms with Gasteiger partial charge in [-0.3, -0.25) is 9.63 Å². The van der Waals surface area contributed by atoms with Crippen molar-refractivity contribution in [2.24, 2.45) is 5.90 Å².